The molecule has 0 bridgehead atoms. The predicted octanol–water partition coefficient (Wildman–Crippen LogP) is 6.57. The van der Waals surface area contributed by atoms with Crippen molar-refractivity contribution in [2.75, 3.05) is 7.11 Å². The zero-order valence-electron chi connectivity index (χ0n) is 25.8. The number of H-pyrrole nitrogens is 1. The Hall–Kier alpha value is -5.37. The Kier molecular flexibility index (Phi) is 8.13. The number of rotatable bonds is 8. The fraction of sp³-hybridized carbons (Fsp3) is 0.216. The van der Waals surface area contributed by atoms with Gasteiger partial charge in [-0.25, -0.2) is 0 Å². The Labute approximate surface area is 262 Å². The summed E-state index contributed by atoms with van der Waals surface area (Å²) in [6, 6.07) is 29.0. The van der Waals surface area contributed by atoms with Gasteiger partial charge >= 0.3 is 0 Å². The average molecular weight is 601 g/mol. The van der Waals surface area contributed by atoms with Crippen LogP contribution in [0.25, 0.3) is 22.2 Å². The van der Waals surface area contributed by atoms with Gasteiger partial charge < -0.3 is 14.6 Å². The van der Waals surface area contributed by atoms with E-state index in [0.717, 1.165) is 38.9 Å². The highest BCUT2D eigenvalue weighted by Crippen LogP contribution is 2.47. The minimum atomic E-state index is -0.870. The standard InChI is InChI=1S/C37H36N4O4/c1-22(2)21-31(36(43)40-39-35(42)25-17-19-26(45-4)20-18-25)41-34(27-9-5-6-10-28(27)37(41)44)32-29-11-7-8-12-30(29)38-33(32)24-15-13-23(3)14-16-24/h5-20,22,31,34,38H,21H2,1-4H3,(H,39,42)(H,40,43). The Bertz CT molecular complexity index is 1880. The number of aryl methyl sites for hydroxylation is 1. The molecule has 0 aliphatic carbocycles. The molecule has 2 atom stereocenters. The van der Waals surface area contributed by atoms with Gasteiger partial charge in [-0.2, -0.15) is 0 Å². The molecule has 1 aliphatic heterocycles. The van der Waals surface area contributed by atoms with Gasteiger partial charge in [-0.05, 0) is 66.8 Å². The summed E-state index contributed by atoms with van der Waals surface area (Å²) < 4.78 is 5.18. The SMILES string of the molecule is COc1ccc(C(=O)NNC(=O)C(CC(C)C)N2C(=O)c3ccccc3C2c2c(-c3ccc(C)cc3)[nH]c3ccccc23)cc1. The number of amides is 3. The Morgan fingerprint density at radius 1 is 0.889 bits per heavy atom. The van der Waals surface area contributed by atoms with Crippen molar-refractivity contribution in [2.45, 2.75) is 39.3 Å². The molecule has 3 N–H and O–H groups in total. The van der Waals surface area contributed by atoms with Gasteiger partial charge in [0.15, 0.2) is 0 Å². The first-order valence-electron chi connectivity index (χ1n) is 15.1. The highest BCUT2D eigenvalue weighted by atomic mass is 16.5. The Morgan fingerprint density at radius 2 is 1.58 bits per heavy atom. The van der Waals surface area contributed by atoms with Crippen molar-refractivity contribution >= 4 is 28.6 Å². The number of nitrogens with zero attached hydrogens (tertiary/aromatic N) is 1. The van der Waals surface area contributed by atoms with Crippen molar-refractivity contribution in [3.05, 3.63) is 125 Å². The molecule has 0 saturated heterocycles. The lowest BCUT2D eigenvalue weighted by molar-refractivity contribution is -0.127. The van der Waals surface area contributed by atoms with Crippen LogP contribution in [0.2, 0.25) is 0 Å². The monoisotopic (exact) mass is 600 g/mol. The second-order valence-electron chi connectivity index (χ2n) is 11.8. The van der Waals surface area contributed by atoms with Crippen LogP contribution < -0.4 is 15.6 Å². The molecule has 8 heteroatoms. The minimum Gasteiger partial charge on any atom is -0.497 e. The molecule has 3 amide bonds. The van der Waals surface area contributed by atoms with E-state index in [2.05, 4.69) is 46.2 Å². The molecular formula is C37H36N4O4. The lowest BCUT2D eigenvalue weighted by atomic mass is 9.91. The molecule has 5 aromatic rings. The molecule has 0 spiro atoms. The third-order valence-electron chi connectivity index (χ3n) is 8.34. The molecular weight excluding hydrogens is 564 g/mol. The van der Waals surface area contributed by atoms with E-state index in [1.165, 1.54) is 0 Å². The van der Waals surface area contributed by atoms with Crippen LogP contribution in [0.4, 0.5) is 0 Å². The van der Waals surface area contributed by atoms with Gasteiger partial charge in [-0.3, -0.25) is 25.2 Å². The second kappa shape index (κ2) is 12.3. The van der Waals surface area contributed by atoms with Crippen molar-refractivity contribution in [3.8, 4) is 17.0 Å². The molecule has 4 aromatic carbocycles. The summed E-state index contributed by atoms with van der Waals surface area (Å²) in [4.78, 5) is 46.6. The van der Waals surface area contributed by atoms with E-state index >= 15 is 0 Å². The van der Waals surface area contributed by atoms with E-state index in [9.17, 15) is 14.4 Å². The molecule has 1 aromatic heterocycles. The number of aromatic nitrogens is 1. The highest BCUT2D eigenvalue weighted by molar-refractivity contribution is 6.04. The molecule has 0 fully saturated rings. The van der Waals surface area contributed by atoms with E-state index in [1.54, 1.807) is 36.3 Å². The number of aromatic amines is 1. The van der Waals surface area contributed by atoms with Gasteiger partial charge in [-0.1, -0.05) is 80.1 Å². The molecule has 45 heavy (non-hydrogen) atoms. The average Bonchev–Trinajstić information content (AvgIpc) is 3.57. The van der Waals surface area contributed by atoms with Crippen molar-refractivity contribution in [2.24, 2.45) is 5.92 Å². The number of hydrazine groups is 1. The van der Waals surface area contributed by atoms with Crippen LogP contribution in [0.5, 0.6) is 5.75 Å². The number of methoxy groups -OCH3 is 1. The number of hydrogen-bond acceptors (Lipinski definition) is 4. The van der Waals surface area contributed by atoms with Crippen molar-refractivity contribution in [1.29, 1.82) is 0 Å². The zero-order valence-corrected chi connectivity index (χ0v) is 25.8. The molecule has 228 valence electrons. The summed E-state index contributed by atoms with van der Waals surface area (Å²) in [7, 11) is 1.55. The van der Waals surface area contributed by atoms with Crippen LogP contribution in [0.3, 0.4) is 0 Å². The number of fused-ring (bicyclic) bond motifs is 2. The summed E-state index contributed by atoms with van der Waals surface area (Å²) in [6.45, 7) is 6.08. The fourth-order valence-corrected chi connectivity index (χ4v) is 6.16. The number of hydrogen-bond donors (Lipinski definition) is 3. The summed E-state index contributed by atoms with van der Waals surface area (Å²) in [5, 5.41) is 0.976. The molecule has 8 nitrogen and oxygen atoms in total. The first-order valence-corrected chi connectivity index (χ1v) is 15.1. The number of carbonyl (C=O) groups excluding carboxylic acids is 3. The van der Waals surface area contributed by atoms with Crippen LogP contribution in [-0.4, -0.2) is 40.8 Å². The number of carbonyl (C=O) groups is 3. The van der Waals surface area contributed by atoms with Crippen molar-refractivity contribution < 1.29 is 19.1 Å². The maximum Gasteiger partial charge on any atom is 0.269 e. The topological polar surface area (TPSA) is 104 Å². The van der Waals surface area contributed by atoms with E-state index < -0.39 is 23.9 Å². The fourth-order valence-electron chi connectivity index (χ4n) is 6.16. The summed E-state index contributed by atoms with van der Waals surface area (Å²) in [6.07, 6.45) is 0.392. The van der Waals surface area contributed by atoms with Gasteiger partial charge in [0.2, 0.25) is 0 Å². The maximum absolute atomic E-state index is 14.3. The lowest BCUT2D eigenvalue weighted by Crippen LogP contribution is -2.53. The maximum atomic E-state index is 14.3. The minimum absolute atomic E-state index is 0.0785. The van der Waals surface area contributed by atoms with Crippen molar-refractivity contribution in [3.63, 3.8) is 0 Å². The summed E-state index contributed by atoms with van der Waals surface area (Å²) in [5.74, 6) is -0.464. The van der Waals surface area contributed by atoms with Crippen LogP contribution >= 0.6 is 0 Å². The first-order chi connectivity index (χ1) is 21.8. The summed E-state index contributed by atoms with van der Waals surface area (Å²) >= 11 is 0. The number of benzene rings is 4. The largest absolute Gasteiger partial charge is 0.497 e. The van der Waals surface area contributed by atoms with Crippen LogP contribution in [0.1, 0.15) is 63.7 Å². The quantitative estimate of drug-likeness (QED) is 0.175. The third-order valence-corrected chi connectivity index (χ3v) is 8.34. The molecule has 0 radical (unpaired) electrons. The van der Waals surface area contributed by atoms with Gasteiger partial charge in [0.25, 0.3) is 17.7 Å². The number of nitrogens with one attached hydrogen (secondary N) is 3. The second-order valence-corrected chi connectivity index (χ2v) is 11.8. The highest BCUT2D eigenvalue weighted by Gasteiger charge is 2.46. The number of para-hydroxylation sites is 1. The van der Waals surface area contributed by atoms with Crippen LogP contribution in [-0.2, 0) is 4.79 Å². The van der Waals surface area contributed by atoms with Gasteiger partial charge in [0.05, 0.1) is 18.8 Å². The smallest absolute Gasteiger partial charge is 0.269 e. The molecule has 2 unspecified atom stereocenters. The van der Waals surface area contributed by atoms with E-state index in [1.807, 2.05) is 63.2 Å². The van der Waals surface area contributed by atoms with Crippen molar-refractivity contribution in [1.82, 2.24) is 20.7 Å². The number of ether oxygens (including phenoxy) is 1. The van der Waals surface area contributed by atoms with Gasteiger partial charge in [-0.15, -0.1) is 0 Å². The molecule has 6 rings (SSSR count). The first kappa shape index (κ1) is 29.7. The normalized spacial score (nSPS) is 14.8. The summed E-state index contributed by atoms with van der Waals surface area (Å²) in [5.41, 5.74) is 11.8. The third kappa shape index (κ3) is 5.67. The zero-order chi connectivity index (χ0) is 31.7. The molecule has 0 saturated carbocycles. The Morgan fingerprint density at radius 3 is 2.29 bits per heavy atom. The Balaban J connectivity index is 1.43. The van der Waals surface area contributed by atoms with Gasteiger partial charge in [0.1, 0.15) is 11.8 Å². The lowest BCUT2D eigenvalue weighted by Gasteiger charge is -2.34. The van der Waals surface area contributed by atoms with Crippen LogP contribution in [0, 0.1) is 12.8 Å². The van der Waals surface area contributed by atoms with Gasteiger partial charge in [0, 0.05) is 27.6 Å². The van der Waals surface area contributed by atoms with Crippen LogP contribution in [0.15, 0.2) is 97.1 Å². The van der Waals surface area contributed by atoms with E-state index in [4.69, 9.17) is 4.74 Å². The molecule has 1 aliphatic rings. The molecule has 2 heterocycles. The van der Waals surface area contributed by atoms with E-state index in [-0.39, 0.29) is 11.8 Å². The van der Waals surface area contributed by atoms with E-state index in [0.29, 0.717) is 23.3 Å². The predicted molar refractivity (Wildman–Crippen MR) is 175 cm³/mol.